The zero-order chi connectivity index (χ0) is 12.8. The van der Waals surface area contributed by atoms with Crippen molar-refractivity contribution in [3.8, 4) is 0 Å². The monoisotopic (exact) mass is 246 g/mol. The molecule has 3 N–H and O–H groups in total. The lowest BCUT2D eigenvalue weighted by Gasteiger charge is -2.26. The van der Waals surface area contributed by atoms with Gasteiger partial charge in [-0.3, -0.25) is 4.79 Å². The van der Waals surface area contributed by atoms with Gasteiger partial charge in [0.05, 0.1) is 6.04 Å². The second-order valence-electron chi connectivity index (χ2n) is 5.13. The van der Waals surface area contributed by atoms with Crippen LogP contribution in [-0.2, 0) is 11.3 Å². The molecule has 0 saturated heterocycles. The third kappa shape index (κ3) is 3.57. The van der Waals surface area contributed by atoms with Gasteiger partial charge >= 0.3 is 0 Å². The predicted octanol–water partition coefficient (Wildman–Crippen LogP) is 2.21. The molecule has 1 saturated carbocycles. The largest absolute Gasteiger partial charge is 0.351 e. The Hall–Kier alpha value is -1.35. The first-order chi connectivity index (χ1) is 8.77. The number of nitrogens with one attached hydrogen (secondary N) is 1. The number of amides is 1. The third-order valence-electron chi connectivity index (χ3n) is 3.77. The quantitative estimate of drug-likeness (QED) is 0.855. The van der Waals surface area contributed by atoms with E-state index in [2.05, 4.69) is 5.32 Å². The highest BCUT2D eigenvalue weighted by Crippen LogP contribution is 2.25. The van der Waals surface area contributed by atoms with E-state index < -0.39 is 0 Å². The fraction of sp³-hybridized carbons (Fsp3) is 0.533. The highest BCUT2D eigenvalue weighted by molar-refractivity contribution is 5.81. The Morgan fingerprint density at radius 2 is 1.89 bits per heavy atom. The minimum Gasteiger partial charge on any atom is -0.351 e. The second kappa shape index (κ2) is 6.55. The van der Waals surface area contributed by atoms with E-state index in [4.69, 9.17) is 5.73 Å². The summed E-state index contributed by atoms with van der Waals surface area (Å²) in [7, 11) is 0. The summed E-state index contributed by atoms with van der Waals surface area (Å²) in [4.78, 5) is 12.0. The van der Waals surface area contributed by atoms with Gasteiger partial charge in [-0.1, -0.05) is 49.6 Å². The molecule has 18 heavy (non-hydrogen) atoms. The number of hydrogen-bond donors (Lipinski definition) is 2. The Morgan fingerprint density at radius 1 is 1.22 bits per heavy atom. The molecule has 3 nitrogen and oxygen atoms in total. The molecule has 1 aliphatic carbocycles. The highest BCUT2D eigenvalue weighted by Gasteiger charge is 2.25. The first-order valence-corrected chi connectivity index (χ1v) is 6.84. The van der Waals surface area contributed by atoms with Crippen LogP contribution < -0.4 is 11.1 Å². The number of carbonyl (C=O) groups excluding carboxylic acids is 1. The van der Waals surface area contributed by atoms with Crippen LogP contribution in [0, 0.1) is 5.92 Å². The van der Waals surface area contributed by atoms with Crippen molar-refractivity contribution in [3.63, 3.8) is 0 Å². The van der Waals surface area contributed by atoms with Crippen molar-refractivity contribution in [2.45, 2.75) is 44.7 Å². The summed E-state index contributed by atoms with van der Waals surface area (Å²) in [5.41, 5.74) is 7.16. The number of benzene rings is 1. The molecular weight excluding hydrogens is 224 g/mol. The van der Waals surface area contributed by atoms with Crippen molar-refractivity contribution >= 4 is 5.91 Å². The Morgan fingerprint density at radius 3 is 2.56 bits per heavy atom. The standard InChI is InChI=1S/C15H22N2O/c16-14(13-9-5-2-6-10-13)15(18)17-11-12-7-3-1-4-8-12/h1,3-4,7-8,13-14H,2,5-6,9-11,16H2,(H,17,18)/t14-/m1/s1. The molecule has 3 heteroatoms. The van der Waals surface area contributed by atoms with Crippen LogP contribution in [0.3, 0.4) is 0 Å². The number of nitrogens with two attached hydrogens (primary N) is 1. The SMILES string of the molecule is N[C@@H](C(=O)NCc1ccccc1)C1CCCCC1. The van der Waals surface area contributed by atoms with Gasteiger partial charge < -0.3 is 11.1 Å². The van der Waals surface area contributed by atoms with E-state index in [-0.39, 0.29) is 11.9 Å². The average Bonchev–Trinajstić information content (AvgIpc) is 2.46. The van der Waals surface area contributed by atoms with E-state index in [0.717, 1.165) is 18.4 Å². The van der Waals surface area contributed by atoms with Gasteiger partial charge in [0.1, 0.15) is 0 Å². The van der Waals surface area contributed by atoms with Gasteiger partial charge in [-0.15, -0.1) is 0 Å². The van der Waals surface area contributed by atoms with E-state index in [9.17, 15) is 4.79 Å². The maximum atomic E-state index is 12.0. The smallest absolute Gasteiger partial charge is 0.237 e. The van der Waals surface area contributed by atoms with Crippen molar-refractivity contribution in [2.75, 3.05) is 0 Å². The predicted molar refractivity (Wildman–Crippen MR) is 72.8 cm³/mol. The molecule has 0 bridgehead atoms. The molecule has 1 fully saturated rings. The van der Waals surface area contributed by atoms with Crippen LogP contribution in [0.15, 0.2) is 30.3 Å². The van der Waals surface area contributed by atoms with Crippen LogP contribution >= 0.6 is 0 Å². The fourth-order valence-electron chi connectivity index (χ4n) is 2.61. The van der Waals surface area contributed by atoms with Crippen LogP contribution in [0.1, 0.15) is 37.7 Å². The van der Waals surface area contributed by atoms with Crippen molar-refractivity contribution < 1.29 is 4.79 Å². The molecule has 0 aliphatic heterocycles. The van der Waals surface area contributed by atoms with E-state index in [0.29, 0.717) is 12.5 Å². The Labute approximate surface area is 109 Å². The molecule has 0 spiro atoms. The lowest BCUT2D eigenvalue weighted by molar-refractivity contribution is -0.123. The van der Waals surface area contributed by atoms with E-state index in [1.54, 1.807) is 0 Å². The third-order valence-corrected chi connectivity index (χ3v) is 3.77. The summed E-state index contributed by atoms with van der Waals surface area (Å²) in [6.45, 7) is 0.570. The molecule has 98 valence electrons. The normalized spacial score (nSPS) is 18.3. The van der Waals surface area contributed by atoms with Crippen LogP contribution in [0.25, 0.3) is 0 Å². The number of rotatable bonds is 4. The topological polar surface area (TPSA) is 55.1 Å². The Balaban J connectivity index is 1.80. The lowest BCUT2D eigenvalue weighted by atomic mass is 9.84. The van der Waals surface area contributed by atoms with Crippen molar-refractivity contribution in [1.29, 1.82) is 0 Å². The van der Waals surface area contributed by atoms with Crippen molar-refractivity contribution in [2.24, 2.45) is 11.7 Å². The van der Waals surface area contributed by atoms with Gasteiger partial charge in [-0.2, -0.15) is 0 Å². The van der Waals surface area contributed by atoms with Gasteiger partial charge in [0.25, 0.3) is 0 Å². The first kappa shape index (κ1) is 13.1. The lowest BCUT2D eigenvalue weighted by Crippen LogP contribution is -2.45. The summed E-state index contributed by atoms with van der Waals surface area (Å²) in [5.74, 6) is 0.361. The molecule has 0 unspecified atom stereocenters. The molecule has 0 radical (unpaired) electrons. The van der Waals surface area contributed by atoms with Gasteiger partial charge in [0, 0.05) is 6.54 Å². The molecule has 2 rings (SSSR count). The highest BCUT2D eigenvalue weighted by atomic mass is 16.2. The van der Waals surface area contributed by atoms with E-state index in [1.807, 2.05) is 30.3 Å². The molecule has 0 heterocycles. The van der Waals surface area contributed by atoms with Gasteiger partial charge in [0.2, 0.25) is 5.91 Å². The molecule has 1 atom stereocenters. The van der Waals surface area contributed by atoms with Gasteiger partial charge in [0.15, 0.2) is 0 Å². The second-order valence-corrected chi connectivity index (χ2v) is 5.13. The van der Waals surface area contributed by atoms with Gasteiger partial charge in [-0.25, -0.2) is 0 Å². The van der Waals surface area contributed by atoms with Crippen molar-refractivity contribution in [1.82, 2.24) is 5.32 Å². The summed E-state index contributed by atoms with van der Waals surface area (Å²) < 4.78 is 0. The van der Waals surface area contributed by atoms with Crippen LogP contribution in [0.5, 0.6) is 0 Å². The maximum absolute atomic E-state index is 12.0. The Kier molecular flexibility index (Phi) is 4.76. The van der Waals surface area contributed by atoms with Gasteiger partial charge in [-0.05, 0) is 24.3 Å². The Bertz CT molecular complexity index is 371. The first-order valence-electron chi connectivity index (χ1n) is 6.84. The minimum atomic E-state index is -0.339. The summed E-state index contributed by atoms with van der Waals surface area (Å²) in [6.07, 6.45) is 5.91. The summed E-state index contributed by atoms with van der Waals surface area (Å²) in [6, 6.07) is 9.59. The average molecular weight is 246 g/mol. The van der Waals surface area contributed by atoms with Crippen LogP contribution in [0.4, 0.5) is 0 Å². The van der Waals surface area contributed by atoms with Crippen LogP contribution in [0.2, 0.25) is 0 Å². The molecule has 0 aromatic heterocycles. The maximum Gasteiger partial charge on any atom is 0.237 e. The molecule has 1 aromatic rings. The van der Waals surface area contributed by atoms with Crippen LogP contribution in [-0.4, -0.2) is 11.9 Å². The van der Waals surface area contributed by atoms with E-state index in [1.165, 1.54) is 19.3 Å². The molecule has 1 aliphatic rings. The number of carbonyl (C=O) groups is 1. The molecular formula is C15H22N2O. The van der Waals surface area contributed by atoms with Crippen molar-refractivity contribution in [3.05, 3.63) is 35.9 Å². The molecule has 1 amide bonds. The summed E-state index contributed by atoms with van der Waals surface area (Å²) >= 11 is 0. The summed E-state index contributed by atoms with van der Waals surface area (Å²) in [5, 5.41) is 2.93. The zero-order valence-corrected chi connectivity index (χ0v) is 10.8. The molecule has 1 aromatic carbocycles. The van der Waals surface area contributed by atoms with E-state index >= 15 is 0 Å². The fourth-order valence-corrected chi connectivity index (χ4v) is 2.61. The number of hydrogen-bond acceptors (Lipinski definition) is 2. The zero-order valence-electron chi connectivity index (χ0n) is 10.8. The minimum absolute atomic E-state index is 0.00856.